The number of primary amides is 1. The highest BCUT2D eigenvalue weighted by atomic mass is 79.9. The number of carbonyl (C=O) groups is 3. The summed E-state index contributed by atoms with van der Waals surface area (Å²) < 4.78 is 0.609. The van der Waals surface area contributed by atoms with Crippen LogP contribution in [0.15, 0.2) is 22.7 Å². The monoisotopic (exact) mass is 357 g/mol. The molecule has 7 nitrogen and oxygen atoms in total. The lowest BCUT2D eigenvalue weighted by molar-refractivity contribution is -0.118. The fraction of sp³-hybridized carbons (Fsp3) is 0.308. The maximum absolute atomic E-state index is 11.7. The number of amides is 3. The van der Waals surface area contributed by atoms with Gasteiger partial charge in [-0.25, -0.2) is 9.59 Å². The van der Waals surface area contributed by atoms with Gasteiger partial charge in [0.05, 0.1) is 11.3 Å². The Kier molecular flexibility index (Phi) is 6.67. The number of aromatic carboxylic acids is 1. The first-order chi connectivity index (χ1) is 9.90. The number of unbranched alkanes of at least 4 members (excludes halogenated alkanes) is 1. The van der Waals surface area contributed by atoms with Crippen LogP contribution >= 0.6 is 15.9 Å². The van der Waals surface area contributed by atoms with Crippen molar-refractivity contribution in [3.8, 4) is 0 Å². The third-order valence-electron chi connectivity index (χ3n) is 2.60. The quantitative estimate of drug-likeness (QED) is 0.556. The van der Waals surface area contributed by atoms with E-state index in [1.807, 2.05) is 0 Å². The Bertz CT molecular complexity index is 548. The number of benzene rings is 1. The number of nitrogens with one attached hydrogen (secondary N) is 2. The summed E-state index contributed by atoms with van der Waals surface area (Å²) >= 11 is 3.17. The van der Waals surface area contributed by atoms with Crippen LogP contribution in [0.4, 0.5) is 10.5 Å². The van der Waals surface area contributed by atoms with Crippen LogP contribution in [0.25, 0.3) is 0 Å². The summed E-state index contributed by atoms with van der Waals surface area (Å²) in [4.78, 5) is 33.3. The molecule has 1 aromatic rings. The fourth-order valence-electron chi connectivity index (χ4n) is 1.60. The molecule has 21 heavy (non-hydrogen) atoms. The minimum Gasteiger partial charge on any atom is -0.478 e. The first-order valence-corrected chi connectivity index (χ1v) is 7.05. The number of urea groups is 1. The van der Waals surface area contributed by atoms with E-state index in [0.717, 1.165) is 0 Å². The van der Waals surface area contributed by atoms with E-state index in [4.69, 9.17) is 10.8 Å². The second-order valence-corrected chi connectivity index (χ2v) is 5.22. The van der Waals surface area contributed by atoms with Crippen LogP contribution in [0, 0.1) is 0 Å². The van der Waals surface area contributed by atoms with Gasteiger partial charge >= 0.3 is 12.0 Å². The first kappa shape index (κ1) is 17.0. The second-order valence-electron chi connectivity index (χ2n) is 4.30. The van der Waals surface area contributed by atoms with Crippen molar-refractivity contribution in [2.75, 3.05) is 11.9 Å². The Morgan fingerprint density at radius 2 is 1.95 bits per heavy atom. The van der Waals surface area contributed by atoms with Gasteiger partial charge in [0.2, 0.25) is 5.91 Å². The van der Waals surface area contributed by atoms with E-state index in [-0.39, 0.29) is 23.6 Å². The molecule has 0 radical (unpaired) electrons. The highest BCUT2D eigenvalue weighted by Crippen LogP contribution is 2.21. The van der Waals surface area contributed by atoms with Crippen LogP contribution < -0.4 is 16.4 Å². The average molecular weight is 358 g/mol. The standard InChI is InChI=1S/C13H16BrN3O4/c14-8-4-5-10(9(7-8)12(19)20)17-13(21)16-6-2-1-3-11(15)18/h4-5,7H,1-3,6H2,(H2,15,18)(H,19,20)(H2,16,17,21). The summed E-state index contributed by atoms with van der Waals surface area (Å²) in [5.74, 6) is -1.51. The van der Waals surface area contributed by atoms with Gasteiger partial charge in [0.15, 0.2) is 0 Å². The number of carbonyl (C=O) groups excluding carboxylic acids is 2. The summed E-state index contributed by atoms with van der Waals surface area (Å²) in [6.07, 6.45) is 1.48. The van der Waals surface area contributed by atoms with Gasteiger partial charge in [-0.3, -0.25) is 4.79 Å². The fourth-order valence-corrected chi connectivity index (χ4v) is 1.96. The summed E-state index contributed by atoms with van der Waals surface area (Å²) in [5.41, 5.74) is 5.20. The Morgan fingerprint density at radius 3 is 2.57 bits per heavy atom. The topological polar surface area (TPSA) is 122 Å². The Labute approximate surface area is 130 Å². The van der Waals surface area contributed by atoms with E-state index in [0.29, 0.717) is 23.9 Å². The van der Waals surface area contributed by atoms with Crippen molar-refractivity contribution in [2.45, 2.75) is 19.3 Å². The zero-order valence-corrected chi connectivity index (χ0v) is 12.8. The maximum atomic E-state index is 11.7. The molecule has 0 bridgehead atoms. The third kappa shape index (κ3) is 6.26. The van der Waals surface area contributed by atoms with Gasteiger partial charge < -0.3 is 21.5 Å². The average Bonchev–Trinajstić information content (AvgIpc) is 2.39. The molecule has 0 saturated carbocycles. The van der Waals surface area contributed by atoms with Crippen LogP contribution in [-0.4, -0.2) is 29.6 Å². The number of hydrogen-bond donors (Lipinski definition) is 4. The smallest absolute Gasteiger partial charge is 0.337 e. The molecule has 114 valence electrons. The van der Waals surface area contributed by atoms with Crippen molar-refractivity contribution >= 4 is 39.5 Å². The van der Waals surface area contributed by atoms with Gasteiger partial charge in [0.25, 0.3) is 0 Å². The molecule has 0 aliphatic rings. The number of carboxylic acids is 1. The minimum absolute atomic E-state index is 0.00625. The van der Waals surface area contributed by atoms with E-state index in [1.165, 1.54) is 12.1 Å². The molecule has 0 aromatic heterocycles. The van der Waals surface area contributed by atoms with Crippen molar-refractivity contribution in [3.63, 3.8) is 0 Å². The third-order valence-corrected chi connectivity index (χ3v) is 3.09. The maximum Gasteiger partial charge on any atom is 0.337 e. The van der Waals surface area contributed by atoms with E-state index in [1.54, 1.807) is 6.07 Å². The molecular formula is C13H16BrN3O4. The predicted molar refractivity (Wildman–Crippen MR) is 81.2 cm³/mol. The van der Waals surface area contributed by atoms with Gasteiger partial charge in [0.1, 0.15) is 0 Å². The molecule has 1 aromatic carbocycles. The molecule has 0 fully saturated rings. The molecule has 0 aliphatic heterocycles. The number of hydrogen-bond acceptors (Lipinski definition) is 3. The van der Waals surface area contributed by atoms with Crippen molar-refractivity contribution in [1.29, 1.82) is 0 Å². The van der Waals surface area contributed by atoms with Gasteiger partial charge in [-0.2, -0.15) is 0 Å². The summed E-state index contributed by atoms with van der Waals surface area (Å²) in [5, 5.41) is 14.1. The molecule has 3 amide bonds. The normalized spacial score (nSPS) is 9.95. The number of anilines is 1. The number of rotatable bonds is 7. The first-order valence-electron chi connectivity index (χ1n) is 6.26. The lowest BCUT2D eigenvalue weighted by Crippen LogP contribution is -2.30. The van der Waals surface area contributed by atoms with Crippen LogP contribution in [-0.2, 0) is 4.79 Å². The number of nitrogens with two attached hydrogens (primary N) is 1. The van der Waals surface area contributed by atoms with Crippen molar-refractivity contribution in [2.24, 2.45) is 5.73 Å². The van der Waals surface area contributed by atoms with E-state index >= 15 is 0 Å². The Morgan fingerprint density at radius 1 is 1.24 bits per heavy atom. The molecule has 0 heterocycles. The van der Waals surface area contributed by atoms with Gasteiger partial charge in [-0.15, -0.1) is 0 Å². The van der Waals surface area contributed by atoms with E-state index in [9.17, 15) is 14.4 Å². The van der Waals surface area contributed by atoms with Crippen molar-refractivity contribution in [3.05, 3.63) is 28.2 Å². The summed E-state index contributed by atoms with van der Waals surface area (Å²) in [6, 6.07) is 4.04. The molecule has 1 rings (SSSR count). The Hall–Kier alpha value is -2.09. The van der Waals surface area contributed by atoms with Crippen LogP contribution in [0.3, 0.4) is 0 Å². The van der Waals surface area contributed by atoms with E-state index < -0.39 is 12.0 Å². The molecular weight excluding hydrogens is 342 g/mol. The zero-order chi connectivity index (χ0) is 15.8. The van der Waals surface area contributed by atoms with Crippen LogP contribution in [0.2, 0.25) is 0 Å². The number of carboxylic acid groups (broad SMARTS) is 1. The highest BCUT2D eigenvalue weighted by molar-refractivity contribution is 9.10. The number of halogens is 1. The lowest BCUT2D eigenvalue weighted by atomic mass is 10.2. The largest absolute Gasteiger partial charge is 0.478 e. The van der Waals surface area contributed by atoms with Gasteiger partial charge in [0, 0.05) is 17.4 Å². The van der Waals surface area contributed by atoms with Crippen molar-refractivity contribution < 1.29 is 19.5 Å². The lowest BCUT2D eigenvalue weighted by Gasteiger charge is -2.10. The predicted octanol–water partition coefficient (Wildman–Crippen LogP) is 1.92. The molecule has 0 unspecified atom stereocenters. The van der Waals surface area contributed by atoms with Crippen LogP contribution in [0.5, 0.6) is 0 Å². The SMILES string of the molecule is NC(=O)CCCCNC(=O)Nc1ccc(Br)cc1C(=O)O. The molecule has 0 aliphatic carbocycles. The molecule has 0 saturated heterocycles. The Balaban J connectivity index is 2.48. The highest BCUT2D eigenvalue weighted by Gasteiger charge is 2.12. The summed E-state index contributed by atoms with van der Waals surface area (Å²) in [6.45, 7) is 0.373. The zero-order valence-electron chi connectivity index (χ0n) is 11.2. The van der Waals surface area contributed by atoms with Crippen molar-refractivity contribution in [1.82, 2.24) is 5.32 Å². The second kappa shape index (κ2) is 8.25. The molecule has 8 heteroatoms. The summed E-state index contributed by atoms with van der Waals surface area (Å²) in [7, 11) is 0. The molecule has 5 N–H and O–H groups in total. The van der Waals surface area contributed by atoms with Gasteiger partial charge in [-0.05, 0) is 31.0 Å². The molecule has 0 atom stereocenters. The molecule has 0 spiro atoms. The van der Waals surface area contributed by atoms with E-state index in [2.05, 4.69) is 26.6 Å². The van der Waals surface area contributed by atoms with Crippen LogP contribution in [0.1, 0.15) is 29.6 Å². The van der Waals surface area contributed by atoms with Gasteiger partial charge in [-0.1, -0.05) is 15.9 Å². The minimum atomic E-state index is -1.13.